The third-order valence-corrected chi connectivity index (χ3v) is 3.17. The Morgan fingerprint density at radius 3 is 2.94 bits per heavy atom. The fraction of sp³-hybridized carbons (Fsp3) is 0.615. The van der Waals surface area contributed by atoms with Gasteiger partial charge in [-0.15, -0.1) is 0 Å². The second kappa shape index (κ2) is 5.36. The third kappa shape index (κ3) is 2.69. The molecule has 0 saturated carbocycles. The van der Waals surface area contributed by atoms with Gasteiger partial charge in [-0.2, -0.15) is 5.10 Å². The van der Waals surface area contributed by atoms with Gasteiger partial charge < -0.3 is 10.1 Å². The fourth-order valence-corrected chi connectivity index (χ4v) is 2.16. The van der Waals surface area contributed by atoms with Crippen LogP contribution in [0.2, 0.25) is 0 Å². The molecule has 0 amide bonds. The minimum Gasteiger partial charge on any atom is -0.501 e. The Balaban J connectivity index is 2.24. The number of rotatable bonds is 4. The van der Waals surface area contributed by atoms with E-state index in [0.29, 0.717) is 0 Å². The van der Waals surface area contributed by atoms with Crippen LogP contribution in [0.15, 0.2) is 17.9 Å². The van der Waals surface area contributed by atoms with Crippen LogP contribution in [-0.4, -0.2) is 22.9 Å². The Kier molecular flexibility index (Phi) is 3.84. The van der Waals surface area contributed by atoms with E-state index in [0.717, 1.165) is 31.7 Å². The van der Waals surface area contributed by atoms with Gasteiger partial charge >= 0.3 is 0 Å². The Labute approximate surface area is 103 Å². The lowest BCUT2D eigenvalue weighted by atomic mass is 9.99. The smallest absolute Gasteiger partial charge is 0.0876 e. The van der Waals surface area contributed by atoms with Gasteiger partial charge in [-0.05, 0) is 37.9 Å². The Hall–Kier alpha value is -1.29. The zero-order valence-electron chi connectivity index (χ0n) is 10.9. The highest BCUT2D eigenvalue weighted by Gasteiger charge is 2.20. The van der Waals surface area contributed by atoms with Crippen molar-refractivity contribution >= 4 is 0 Å². The molecule has 4 nitrogen and oxygen atoms in total. The first-order valence-electron chi connectivity index (χ1n) is 6.27. The molecule has 0 radical (unpaired) electrons. The molecule has 1 unspecified atom stereocenters. The van der Waals surface area contributed by atoms with Crippen LogP contribution in [0.25, 0.3) is 0 Å². The number of nitrogens with one attached hydrogen (secondary N) is 1. The van der Waals surface area contributed by atoms with Crippen LogP contribution in [0.1, 0.15) is 37.2 Å². The summed E-state index contributed by atoms with van der Waals surface area (Å²) in [6.07, 6.45) is 4.09. The molecule has 0 saturated heterocycles. The standard InChI is InChI=1S/C13H21N3O/c1-4-14-13(11-6-5-7-17-9-11)12-8-10(2)16(3)15-12/h8-9,13-14H,4-7H2,1-3H3. The number of nitrogens with zero attached hydrogens (tertiary/aromatic N) is 2. The molecule has 94 valence electrons. The highest BCUT2D eigenvalue weighted by molar-refractivity contribution is 5.23. The van der Waals surface area contributed by atoms with Gasteiger partial charge in [0.15, 0.2) is 0 Å². The lowest BCUT2D eigenvalue weighted by Crippen LogP contribution is -2.24. The van der Waals surface area contributed by atoms with Crippen molar-refractivity contribution in [3.63, 3.8) is 0 Å². The maximum absolute atomic E-state index is 5.43. The van der Waals surface area contributed by atoms with Crippen molar-refractivity contribution in [2.45, 2.75) is 32.7 Å². The number of hydrogen-bond donors (Lipinski definition) is 1. The average molecular weight is 235 g/mol. The molecule has 0 fully saturated rings. The zero-order chi connectivity index (χ0) is 12.3. The van der Waals surface area contributed by atoms with Crippen LogP contribution in [0.5, 0.6) is 0 Å². The predicted octanol–water partition coefficient (Wildman–Crippen LogP) is 2.07. The quantitative estimate of drug-likeness (QED) is 0.868. The van der Waals surface area contributed by atoms with E-state index in [1.54, 1.807) is 0 Å². The van der Waals surface area contributed by atoms with Gasteiger partial charge in [-0.25, -0.2) is 0 Å². The van der Waals surface area contributed by atoms with Gasteiger partial charge in [-0.3, -0.25) is 4.68 Å². The molecule has 2 rings (SSSR count). The number of likely N-dealkylation sites (N-methyl/N-ethyl adjacent to an activating group) is 1. The minimum atomic E-state index is 0.195. The maximum atomic E-state index is 5.43. The van der Waals surface area contributed by atoms with Gasteiger partial charge in [-0.1, -0.05) is 6.92 Å². The molecule has 1 aliphatic heterocycles. The van der Waals surface area contributed by atoms with Crippen molar-refractivity contribution in [2.24, 2.45) is 7.05 Å². The van der Waals surface area contributed by atoms with Gasteiger partial charge in [0.2, 0.25) is 0 Å². The first-order valence-corrected chi connectivity index (χ1v) is 6.27. The molecule has 1 aromatic rings. The van der Waals surface area contributed by atoms with Crippen molar-refractivity contribution in [3.05, 3.63) is 29.3 Å². The maximum Gasteiger partial charge on any atom is 0.0876 e. The highest BCUT2D eigenvalue weighted by Crippen LogP contribution is 2.27. The molecule has 0 spiro atoms. The third-order valence-electron chi connectivity index (χ3n) is 3.17. The molecule has 17 heavy (non-hydrogen) atoms. The summed E-state index contributed by atoms with van der Waals surface area (Å²) in [5.41, 5.74) is 3.57. The van der Waals surface area contributed by atoms with Gasteiger partial charge in [0, 0.05) is 12.7 Å². The second-order valence-electron chi connectivity index (χ2n) is 4.49. The summed E-state index contributed by atoms with van der Waals surface area (Å²) in [7, 11) is 1.98. The molecule has 1 N–H and O–H groups in total. The van der Waals surface area contributed by atoms with Gasteiger partial charge in [0.1, 0.15) is 0 Å². The lowest BCUT2D eigenvalue weighted by Gasteiger charge is -2.22. The highest BCUT2D eigenvalue weighted by atomic mass is 16.5. The second-order valence-corrected chi connectivity index (χ2v) is 4.49. The van der Waals surface area contributed by atoms with E-state index in [1.165, 1.54) is 11.3 Å². The van der Waals surface area contributed by atoms with E-state index in [9.17, 15) is 0 Å². The van der Waals surface area contributed by atoms with Crippen molar-refractivity contribution in [3.8, 4) is 0 Å². The predicted molar refractivity (Wildman–Crippen MR) is 67.6 cm³/mol. The Bertz CT molecular complexity index is 389. The first kappa shape index (κ1) is 12.2. The summed E-state index contributed by atoms with van der Waals surface area (Å²) in [5, 5.41) is 8.05. The lowest BCUT2D eigenvalue weighted by molar-refractivity contribution is 0.219. The molecule has 2 heterocycles. The van der Waals surface area contributed by atoms with Crippen molar-refractivity contribution < 1.29 is 4.74 Å². The molecule has 1 atom stereocenters. The summed E-state index contributed by atoms with van der Waals surface area (Å²) >= 11 is 0. The van der Waals surface area contributed by atoms with Crippen LogP contribution in [-0.2, 0) is 11.8 Å². The largest absolute Gasteiger partial charge is 0.501 e. The average Bonchev–Trinajstić information content (AvgIpc) is 2.67. The topological polar surface area (TPSA) is 39.1 Å². The van der Waals surface area contributed by atoms with E-state index < -0.39 is 0 Å². The monoisotopic (exact) mass is 235 g/mol. The molecule has 1 aliphatic rings. The molecular weight excluding hydrogens is 214 g/mol. The zero-order valence-corrected chi connectivity index (χ0v) is 10.9. The van der Waals surface area contributed by atoms with Crippen LogP contribution in [0.3, 0.4) is 0 Å². The molecular formula is C13H21N3O. The summed E-state index contributed by atoms with van der Waals surface area (Å²) in [5.74, 6) is 0. The Morgan fingerprint density at radius 2 is 2.41 bits per heavy atom. The molecule has 0 bridgehead atoms. The first-order chi connectivity index (χ1) is 8.22. The molecule has 0 aliphatic carbocycles. The van der Waals surface area contributed by atoms with Crippen molar-refractivity contribution in [1.29, 1.82) is 0 Å². The van der Waals surface area contributed by atoms with Crippen LogP contribution >= 0.6 is 0 Å². The van der Waals surface area contributed by atoms with E-state index in [4.69, 9.17) is 4.74 Å². The van der Waals surface area contributed by atoms with E-state index in [2.05, 4.69) is 30.3 Å². The van der Waals surface area contributed by atoms with Crippen LogP contribution in [0, 0.1) is 6.92 Å². The number of hydrogen-bond acceptors (Lipinski definition) is 3. The number of ether oxygens (including phenoxy) is 1. The normalized spacial score (nSPS) is 17.5. The van der Waals surface area contributed by atoms with Gasteiger partial charge in [0.05, 0.1) is 24.6 Å². The number of aryl methyl sites for hydroxylation is 2. The molecule has 1 aromatic heterocycles. The minimum absolute atomic E-state index is 0.195. The van der Waals surface area contributed by atoms with Gasteiger partial charge in [0.25, 0.3) is 0 Å². The fourth-order valence-electron chi connectivity index (χ4n) is 2.16. The van der Waals surface area contributed by atoms with E-state index in [1.807, 2.05) is 18.0 Å². The van der Waals surface area contributed by atoms with Crippen LogP contribution < -0.4 is 5.32 Å². The SMILES string of the molecule is CCNC(C1=COCCC1)c1cc(C)n(C)n1. The van der Waals surface area contributed by atoms with Crippen molar-refractivity contribution in [2.75, 3.05) is 13.2 Å². The summed E-state index contributed by atoms with van der Waals surface area (Å²) < 4.78 is 7.35. The molecule has 0 aromatic carbocycles. The number of aromatic nitrogens is 2. The Morgan fingerprint density at radius 1 is 1.59 bits per heavy atom. The summed E-state index contributed by atoms with van der Waals surface area (Å²) in [6.45, 7) is 5.96. The summed E-state index contributed by atoms with van der Waals surface area (Å²) in [6, 6.07) is 2.34. The van der Waals surface area contributed by atoms with Crippen LogP contribution in [0.4, 0.5) is 0 Å². The van der Waals surface area contributed by atoms with Crippen molar-refractivity contribution in [1.82, 2.24) is 15.1 Å². The van der Waals surface area contributed by atoms with E-state index >= 15 is 0 Å². The summed E-state index contributed by atoms with van der Waals surface area (Å²) in [4.78, 5) is 0. The van der Waals surface area contributed by atoms with E-state index in [-0.39, 0.29) is 6.04 Å². The molecule has 4 heteroatoms.